The van der Waals surface area contributed by atoms with Crippen LogP contribution in [0.25, 0.3) is 15.7 Å². The van der Waals surface area contributed by atoms with Crippen molar-refractivity contribution in [3.8, 4) is 0 Å². The molecule has 3 aromatic rings. The van der Waals surface area contributed by atoms with Gasteiger partial charge in [-0.1, -0.05) is 30.3 Å². The minimum Gasteiger partial charge on any atom is -0.370 e. The molecule has 0 bridgehead atoms. The van der Waals surface area contributed by atoms with Crippen molar-refractivity contribution in [2.24, 2.45) is 5.41 Å². The Hall–Kier alpha value is -3.51. The number of sulfone groups is 1. The van der Waals surface area contributed by atoms with Gasteiger partial charge in [0.15, 0.2) is 9.84 Å². The molecule has 184 valence electrons. The van der Waals surface area contributed by atoms with E-state index in [9.17, 15) is 17.6 Å². The van der Waals surface area contributed by atoms with Crippen LogP contribution in [-0.2, 0) is 15.4 Å². The van der Waals surface area contributed by atoms with Gasteiger partial charge in [-0.2, -0.15) is 0 Å². The fraction of sp³-hybridized carbons (Fsp3) is 0.370. The topological polar surface area (TPSA) is 74.9 Å². The van der Waals surface area contributed by atoms with Crippen LogP contribution in [0, 0.1) is 17.8 Å². The van der Waals surface area contributed by atoms with E-state index < -0.39 is 21.2 Å². The van der Waals surface area contributed by atoms with E-state index in [1.165, 1.54) is 12.1 Å². The average molecular weight is 505 g/mol. The number of halogens is 1. The summed E-state index contributed by atoms with van der Waals surface area (Å²) in [5.74, 6) is -0.372. The molecule has 0 N–H and O–H groups in total. The van der Waals surface area contributed by atoms with Gasteiger partial charge in [0.05, 0.1) is 28.3 Å². The van der Waals surface area contributed by atoms with Gasteiger partial charge in [0.1, 0.15) is 5.82 Å². The summed E-state index contributed by atoms with van der Waals surface area (Å²) in [6.45, 7) is 9.82. The highest BCUT2D eigenvalue weighted by Crippen LogP contribution is 2.44. The summed E-state index contributed by atoms with van der Waals surface area (Å²) in [5, 5.41) is 0.567. The number of carbonyl (C=O) groups excluding carboxylic acids is 1. The molecular formula is C27H25FN4O3S. The number of pyridine rings is 1. The van der Waals surface area contributed by atoms with Crippen LogP contribution in [0.3, 0.4) is 0 Å². The summed E-state index contributed by atoms with van der Waals surface area (Å²) in [6.07, 6.45) is 2.71. The highest BCUT2D eigenvalue weighted by atomic mass is 32.2. The Labute approximate surface area is 209 Å². The molecule has 3 fully saturated rings. The Kier molecular flexibility index (Phi) is 5.09. The van der Waals surface area contributed by atoms with Crippen LogP contribution < -0.4 is 4.90 Å². The summed E-state index contributed by atoms with van der Waals surface area (Å²) in [6, 6.07) is 14.2. The standard InChI is InChI=1S/C27H25FN4O3S/c1-29-27(19-5-3-2-4-6-19)9-11-31(12-10-27)24-21-13-20(28)7-8-23(21)30-14-22(24)25(33)32-15-26(16-32)17-36(34,35)18-26/h2-8,13-14H,9-12,15-18H2. The van der Waals surface area contributed by atoms with Crippen molar-refractivity contribution in [3.63, 3.8) is 0 Å². The first kappa shape index (κ1) is 22.9. The van der Waals surface area contributed by atoms with Crippen LogP contribution in [-0.4, -0.2) is 61.9 Å². The fourth-order valence-corrected chi connectivity index (χ4v) is 8.26. The van der Waals surface area contributed by atoms with E-state index in [0.717, 1.165) is 5.56 Å². The van der Waals surface area contributed by atoms with E-state index in [0.29, 0.717) is 61.2 Å². The van der Waals surface area contributed by atoms with Gasteiger partial charge in [0, 0.05) is 61.6 Å². The molecule has 7 nitrogen and oxygen atoms in total. The number of piperidine rings is 1. The van der Waals surface area contributed by atoms with Gasteiger partial charge in [0.25, 0.3) is 11.4 Å². The first-order valence-electron chi connectivity index (χ1n) is 12.0. The lowest BCUT2D eigenvalue weighted by molar-refractivity contribution is 0.0202. The van der Waals surface area contributed by atoms with Crippen molar-refractivity contribution in [1.29, 1.82) is 0 Å². The number of rotatable bonds is 3. The normalized spacial score (nSPS) is 21.4. The van der Waals surface area contributed by atoms with Gasteiger partial charge in [-0.15, -0.1) is 0 Å². The maximum atomic E-state index is 14.3. The zero-order valence-corrected chi connectivity index (χ0v) is 20.5. The largest absolute Gasteiger partial charge is 0.370 e. The van der Waals surface area contributed by atoms with E-state index in [2.05, 4.69) is 14.7 Å². The average Bonchev–Trinajstić information content (AvgIpc) is 2.85. The second kappa shape index (κ2) is 8.00. The van der Waals surface area contributed by atoms with Gasteiger partial charge in [-0.25, -0.2) is 19.4 Å². The van der Waals surface area contributed by atoms with Crippen LogP contribution >= 0.6 is 0 Å². The third kappa shape index (κ3) is 3.63. The number of hydrogen-bond donors (Lipinski definition) is 0. The van der Waals surface area contributed by atoms with Crippen molar-refractivity contribution < 1.29 is 17.6 Å². The van der Waals surface area contributed by atoms with Gasteiger partial charge < -0.3 is 14.6 Å². The summed E-state index contributed by atoms with van der Waals surface area (Å²) >= 11 is 0. The van der Waals surface area contributed by atoms with Crippen molar-refractivity contribution >= 4 is 32.3 Å². The smallest absolute Gasteiger partial charge is 0.260 e. The predicted molar refractivity (Wildman–Crippen MR) is 135 cm³/mol. The molecule has 6 rings (SSSR count). The summed E-state index contributed by atoms with van der Waals surface area (Å²) < 4.78 is 37.7. The number of nitrogens with zero attached hydrogens (tertiary/aromatic N) is 4. The predicted octanol–water partition coefficient (Wildman–Crippen LogP) is 3.66. The third-order valence-corrected chi connectivity index (χ3v) is 9.96. The van der Waals surface area contributed by atoms with Gasteiger partial charge in [-0.05, 0) is 18.2 Å². The van der Waals surface area contributed by atoms with Crippen LogP contribution in [0.5, 0.6) is 0 Å². The highest BCUT2D eigenvalue weighted by Gasteiger charge is 2.57. The molecule has 0 saturated carbocycles. The Morgan fingerprint density at radius 3 is 2.39 bits per heavy atom. The molecule has 1 amide bonds. The number of anilines is 1. The van der Waals surface area contributed by atoms with Crippen LogP contribution in [0.2, 0.25) is 0 Å². The number of carbonyl (C=O) groups is 1. The number of fused-ring (bicyclic) bond motifs is 1. The monoisotopic (exact) mass is 504 g/mol. The SMILES string of the molecule is [C-]#[N+]C1(c2ccccc2)CCN(c2c(C(=O)N3CC4(C3)CS(=O)(=O)C4)cnc3ccc(F)cc23)CC1. The number of amides is 1. The van der Waals surface area contributed by atoms with Crippen LogP contribution in [0.4, 0.5) is 10.1 Å². The molecule has 1 spiro atoms. The molecule has 2 aromatic carbocycles. The zero-order valence-electron chi connectivity index (χ0n) is 19.7. The minimum absolute atomic E-state index is 0.127. The molecular weight excluding hydrogens is 479 g/mol. The maximum absolute atomic E-state index is 14.3. The fourth-order valence-electron chi connectivity index (χ4n) is 6.11. The molecule has 0 aliphatic carbocycles. The first-order valence-corrected chi connectivity index (χ1v) is 13.8. The quantitative estimate of drug-likeness (QED) is 0.509. The molecule has 0 radical (unpaired) electrons. The Balaban J connectivity index is 1.33. The Bertz CT molecular complexity index is 1510. The highest BCUT2D eigenvalue weighted by molar-refractivity contribution is 7.92. The maximum Gasteiger partial charge on any atom is 0.260 e. The van der Waals surface area contributed by atoms with Crippen molar-refractivity contribution in [1.82, 2.24) is 9.88 Å². The van der Waals surface area contributed by atoms with E-state index in [4.69, 9.17) is 6.57 Å². The molecule has 0 atom stereocenters. The lowest BCUT2D eigenvalue weighted by Gasteiger charge is -2.54. The molecule has 3 aliphatic rings. The lowest BCUT2D eigenvalue weighted by atomic mass is 9.81. The van der Waals surface area contributed by atoms with Gasteiger partial charge >= 0.3 is 0 Å². The van der Waals surface area contributed by atoms with Crippen LogP contribution in [0.1, 0.15) is 28.8 Å². The third-order valence-electron chi connectivity index (χ3n) is 7.86. The molecule has 1 aromatic heterocycles. The second-order valence-electron chi connectivity index (χ2n) is 10.4. The molecule has 9 heteroatoms. The summed E-state index contributed by atoms with van der Waals surface area (Å²) in [7, 11) is -2.98. The zero-order chi connectivity index (χ0) is 25.1. The Morgan fingerprint density at radius 1 is 1.06 bits per heavy atom. The molecule has 4 heterocycles. The minimum atomic E-state index is -2.98. The van der Waals surface area contributed by atoms with Crippen molar-refractivity contribution in [2.45, 2.75) is 18.4 Å². The lowest BCUT2D eigenvalue weighted by Crippen LogP contribution is -2.69. The first-order chi connectivity index (χ1) is 17.2. The number of aromatic nitrogens is 1. The molecule has 36 heavy (non-hydrogen) atoms. The van der Waals surface area contributed by atoms with Crippen LogP contribution in [0.15, 0.2) is 54.7 Å². The van der Waals surface area contributed by atoms with E-state index in [-0.39, 0.29) is 22.8 Å². The number of benzene rings is 2. The van der Waals surface area contributed by atoms with E-state index in [1.807, 2.05) is 30.3 Å². The molecule has 3 aliphatic heterocycles. The van der Waals surface area contributed by atoms with Crippen molar-refractivity contribution in [2.75, 3.05) is 42.6 Å². The molecule has 0 unspecified atom stereocenters. The summed E-state index contributed by atoms with van der Waals surface area (Å²) in [5.41, 5.74) is 1.66. The van der Waals surface area contributed by atoms with E-state index in [1.54, 1.807) is 17.2 Å². The number of hydrogen-bond acceptors (Lipinski definition) is 5. The van der Waals surface area contributed by atoms with Gasteiger partial charge in [-0.3, -0.25) is 9.78 Å². The summed E-state index contributed by atoms with van der Waals surface area (Å²) in [4.78, 5) is 25.8. The Morgan fingerprint density at radius 2 is 1.75 bits per heavy atom. The second-order valence-corrected chi connectivity index (χ2v) is 12.4. The van der Waals surface area contributed by atoms with Crippen molar-refractivity contribution in [3.05, 3.63) is 83.1 Å². The molecule has 3 saturated heterocycles. The van der Waals surface area contributed by atoms with Gasteiger partial charge in [0.2, 0.25) is 0 Å². The number of likely N-dealkylation sites (tertiary alicyclic amines) is 1. The van der Waals surface area contributed by atoms with E-state index >= 15 is 0 Å².